The number of nitrogens with one attached hydrogen (secondary N) is 7. The monoisotopic (exact) mass is 1290 g/mol. The highest BCUT2D eigenvalue weighted by Gasteiger charge is 2.51. The molecule has 3 unspecified atom stereocenters. The molecule has 27 heteroatoms. The Morgan fingerprint density at radius 2 is 1.30 bits per heavy atom. The van der Waals surface area contributed by atoms with Crippen LogP contribution in [-0.4, -0.2) is 175 Å². The fraction of sp³-hybridized carbons (Fsp3) is 0.646. The Bertz CT molecular complexity index is 3330. The van der Waals surface area contributed by atoms with E-state index in [4.69, 9.17) is 19.2 Å². The SMILES string of the molecule is CCc1c2c(nc3ccc(O)cc13)-c1cc3c(c(=O)n1C2)COC(=O)[C@@]3(CC)OC(=O)C(C)NC(=O)CC(NC(=O)CCC(C)(C)OCC(C)(C)C(=O)C(C)(C)C)C(=O)NCCNC(=O)[C@H](O)[C@@H](O)[C@@H](O)[C@H](O)C(=O)NCCNC(=O)C(NC(C)(C)CC)C(C)(C)C. The number of benzene rings is 1. The molecule has 0 saturated heterocycles. The highest BCUT2D eigenvalue weighted by Crippen LogP contribution is 2.43. The van der Waals surface area contributed by atoms with Crippen molar-refractivity contribution in [1.82, 2.24) is 46.8 Å². The van der Waals surface area contributed by atoms with Gasteiger partial charge in [0.15, 0.2) is 12.2 Å². The lowest BCUT2D eigenvalue weighted by molar-refractivity contribution is -0.190. The number of phenols is 1. The first-order valence-electron chi connectivity index (χ1n) is 31.3. The lowest BCUT2D eigenvalue weighted by Gasteiger charge is -2.37. The number of Topliss-reactive ketones (excluding diaryl/α,β-unsaturated/α-hetero) is 1. The molecule has 0 fully saturated rings. The van der Waals surface area contributed by atoms with Crippen LogP contribution in [0, 0.1) is 16.2 Å². The molecule has 2 aliphatic rings. The summed E-state index contributed by atoms with van der Waals surface area (Å²) in [7, 11) is 0. The van der Waals surface area contributed by atoms with E-state index in [0.717, 1.165) is 17.5 Å². The summed E-state index contributed by atoms with van der Waals surface area (Å²) in [6.07, 6.45) is -9.45. The van der Waals surface area contributed by atoms with Crippen LogP contribution in [0.2, 0.25) is 0 Å². The van der Waals surface area contributed by atoms with Crippen LogP contribution in [0.15, 0.2) is 29.1 Å². The van der Waals surface area contributed by atoms with Crippen molar-refractivity contribution >= 4 is 64.1 Å². The minimum atomic E-state index is -2.42. The van der Waals surface area contributed by atoms with Crippen molar-refractivity contribution in [3.8, 4) is 17.1 Å². The molecule has 0 spiro atoms. The van der Waals surface area contributed by atoms with Gasteiger partial charge < -0.3 is 81.5 Å². The summed E-state index contributed by atoms with van der Waals surface area (Å²) in [5.41, 5.74) is -2.92. The molecular formula is C65H97N9O18. The van der Waals surface area contributed by atoms with E-state index in [9.17, 15) is 73.5 Å². The molecule has 2 aromatic heterocycles. The first-order chi connectivity index (χ1) is 42.6. The molecule has 5 rings (SSSR count). The van der Waals surface area contributed by atoms with Crippen LogP contribution in [0.4, 0.5) is 0 Å². The second-order valence-corrected chi connectivity index (χ2v) is 27.8. The molecule has 0 radical (unpaired) electrons. The van der Waals surface area contributed by atoms with Crippen molar-refractivity contribution in [2.75, 3.05) is 32.8 Å². The van der Waals surface area contributed by atoms with Gasteiger partial charge in [-0.2, -0.15) is 0 Å². The predicted molar refractivity (Wildman–Crippen MR) is 338 cm³/mol. The number of hydrogen-bond acceptors (Lipinski definition) is 20. The molecule has 6 amide bonds. The highest BCUT2D eigenvalue weighted by molar-refractivity contribution is 5.95. The van der Waals surface area contributed by atoms with Gasteiger partial charge >= 0.3 is 11.9 Å². The Kier molecular flexibility index (Phi) is 24.6. The van der Waals surface area contributed by atoms with Crippen LogP contribution in [0.5, 0.6) is 5.75 Å². The molecule has 4 heterocycles. The number of ether oxygens (including phenoxy) is 3. The number of carbonyl (C=O) groups is 9. The average molecular weight is 1290 g/mol. The standard InChI is InChI=1S/C65H97N9O18/c1-17-36-37-28-35(75)20-21-41(37)72-46-38(36)31-74-43(46)29-40-39(56(74)86)32-90-59(89)65(40,19-3)92-57(87)34(4)70-45(77)30-42(71-44(76)22-23-64(15,16)91-33-62(11,12)58(88)61(8,9)10)52(82)66-24-25-67-53(83)49(80)47(78)48(79)50(81)54(84)68-26-27-69-55(85)51(60(5,6)7)73-63(13,14)18-2/h20-21,28-29,34,42,47-51,73,75,78-81H,17-19,22-27,30-33H2,1-16H3,(H,66,82)(H,67,83)(H,68,84)(H,69,85)(H,70,77)(H,71,76)/t34?,42?,47-,48+,49+,50-,51?,65-/m0/s1. The smallest absolute Gasteiger partial charge is 0.355 e. The second kappa shape index (κ2) is 30.1. The van der Waals surface area contributed by atoms with Gasteiger partial charge in [-0.15, -0.1) is 0 Å². The van der Waals surface area contributed by atoms with E-state index in [2.05, 4.69) is 37.2 Å². The van der Waals surface area contributed by atoms with E-state index in [0.29, 0.717) is 28.7 Å². The first kappa shape index (κ1) is 75.3. The Morgan fingerprint density at radius 1 is 0.739 bits per heavy atom. The van der Waals surface area contributed by atoms with Gasteiger partial charge in [-0.1, -0.05) is 76.2 Å². The zero-order chi connectivity index (χ0) is 69.4. The molecule has 2 aliphatic heterocycles. The molecule has 3 aromatic rings. The second-order valence-electron chi connectivity index (χ2n) is 27.8. The summed E-state index contributed by atoms with van der Waals surface area (Å²) < 4.78 is 19.1. The molecule has 0 aliphatic carbocycles. The number of carbonyl (C=O) groups excluding carboxylic acids is 9. The average Bonchev–Trinajstić information content (AvgIpc) is 1.45. The van der Waals surface area contributed by atoms with Crippen molar-refractivity contribution in [2.24, 2.45) is 16.2 Å². The summed E-state index contributed by atoms with van der Waals surface area (Å²) in [5.74, 6) is -7.58. The number of esters is 2. The number of aromatic hydroxyl groups is 1. The highest BCUT2D eigenvalue weighted by atomic mass is 16.6. The Balaban J connectivity index is 1.24. The lowest BCUT2D eigenvalue weighted by Crippen LogP contribution is -2.58. The van der Waals surface area contributed by atoms with Crippen molar-refractivity contribution in [3.63, 3.8) is 0 Å². The van der Waals surface area contributed by atoms with Gasteiger partial charge in [-0.25, -0.2) is 14.6 Å². The van der Waals surface area contributed by atoms with Crippen LogP contribution in [0.1, 0.15) is 165 Å². The van der Waals surface area contributed by atoms with Crippen LogP contribution in [0.3, 0.4) is 0 Å². The van der Waals surface area contributed by atoms with Gasteiger partial charge in [-0.3, -0.25) is 38.4 Å². The van der Waals surface area contributed by atoms with E-state index >= 15 is 0 Å². The number of aryl methyl sites for hydroxylation is 1. The number of aromatic nitrogens is 2. The van der Waals surface area contributed by atoms with E-state index in [1.807, 2.05) is 48.5 Å². The molecule has 92 heavy (non-hydrogen) atoms. The van der Waals surface area contributed by atoms with Crippen LogP contribution in [0.25, 0.3) is 22.3 Å². The van der Waals surface area contributed by atoms with Crippen molar-refractivity contribution < 1.29 is 82.9 Å². The third kappa shape index (κ3) is 18.2. The summed E-state index contributed by atoms with van der Waals surface area (Å²) in [6, 6.07) is 2.55. The number of ketones is 1. The fourth-order valence-corrected chi connectivity index (χ4v) is 11.0. The van der Waals surface area contributed by atoms with Crippen molar-refractivity contribution in [3.05, 3.63) is 56.9 Å². The minimum absolute atomic E-state index is 0.0266. The summed E-state index contributed by atoms with van der Waals surface area (Å²) >= 11 is 0. The number of pyridine rings is 2. The number of rotatable bonds is 31. The first-order valence-corrected chi connectivity index (χ1v) is 31.3. The largest absolute Gasteiger partial charge is 0.508 e. The summed E-state index contributed by atoms with van der Waals surface area (Å²) in [5, 5.41) is 71.4. The number of amides is 6. The third-order valence-electron chi connectivity index (χ3n) is 16.8. The maximum absolute atomic E-state index is 14.3. The van der Waals surface area contributed by atoms with Gasteiger partial charge in [0.2, 0.25) is 29.2 Å². The Labute approximate surface area is 536 Å². The lowest BCUT2D eigenvalue weighted by atomic mass is 9.75. The zero-order valence-electron chi connectivity index (χ0n) is 56.0. The van der Waals surface area contributed by atoms with Crippen LogP contribution >= 0.6 is 0 Å². The van der Waals surface area contributed by atoms with Crippen LogP contribution < -0.4 is 42.8 Å². The molecule has 0 saturated carbocycles. The Morgan fingerprint density at radius 3 is 1.84 bits per heavy atom. The fourth-order valence-electron chi connectivity index (χ4n) is 11.0. The quantitative estimate of drug-likeness (QED) is 0.0251. The zero-order valence-corrected chi connectivity index (χ0v) is 56.0. The summed E-state index contributed by atoms with van der Waals surface area (Å²) in [6.45, 7) is 27.2. The normalized spacial score (nSPS) is 17.2. The molecule has 0 bridgehead atoms. The van der Waals surface area contributed by atoms with Gasteiger partial charge in [0, 0.05) is 65.5 Å². The molecule has 27 nitrogen and oxygen atoms in total. The van der Waals surface area contributed by atoms with Gasteiger partial charge in [0.25, 0.3) is 17.4 Å². The van der Waals surface area contributed by atoms with Crippen molar-refractivity contribution in [1.29, 1.82) is 0 Å². The van der Waals surface area contributed by atoms with Crippen molar-refractivity contribution in [2.45, 2.75) is 222 Å². The van der Waals surface area contributed by atoms with Gasteiger partial charge in [-0.05, 0) is 95.5 Å². The van der Waals surface area contributed by atoms with Gasteiger partial charge in [0.1, 0.15) is 42.4 Å². The number of hydrogen-bond donors (Lipinski definition) is 12. The molecule has 510 valence electrons. The molecule has 1 aromatic carbocycles. The number of aliphatic hydroxyl groups is 4. The number of cyclic esters (lactones) is 1. The van der Waals surface area contributed by atoms with Gasteiger partial charge in [0.05, 0.1) is 53.7 Å². The van der Waals surface area contributed by atoms with E-state index < -0.39 is 143 Å². The molecule has 8 atom stereocenters. The molecule has 12 N–H and O–H groups in total. The molecular weight excluding hydrogens is 1190 g/mol. The maximum Gasteiger partial charge on any atom is 0.355 e. The number of fused-ring (bicyclic) bond motifs is 5. The van der Waals surface area contributed by atoms with E-state index in [1.165, 1.54) is 17.6 Å². The number of aliphatic hydroxyl groups excluding tert-OH is 4. The van der Waals surface area contributed by atoms with Crippen LogP contribution in [-0.2, 0) is 82.5 Å². The maximum atomic E-state index is 14.3. The Hall–Kier alpha value is -7.43. The number of phenolic OH excluding ortho intramolecular Hbond substituents is 1. The minimum Gasteiger partial charge on any atom is -0.508 e. The summed E-state index contributed by atoms with van der Waals surface area (Å²) in [4.78, 5) is 141. The predicted octanol–water partition coefficient (Wildman–Crippen LogP) is 1.60. The third-order valence-corrected chi connectivity index (χ3v) is 16.8. The topological polar surface area (TPSA) is 402 Å². The number of nitrogens with zero attached hydrogens (tertiary/aromatic N) is 2. The van der Waals surface area contributed by atoms with E-state index in [1.54, 1.807) is 73.6 Å². The van der Waals surface area contributed by atoms with E-state index in [-0.39, 0.29) is 79.6 Å².